The summed E-state index contributed by atoms with van der Waals surface area (Å²) in [5.41, 5.74) is 2.06. The first-order valence-electron chi connectivity index (χ1n) is 4.55. The highest BCUT2D eigenvalue weighted by atomic mass is 35.5. The fraction of sp³-hybridized carbons (Fsp3) is 0.182. The number of rotatable bonds is 0. The molecule has 2 nitrogen and oxygen atoms in total. The topological polar surface area (TPSA) is 22.1 Å². The molecule has 0 spiro atoms. The van der Waals surface area contributed by atoms with Gasteiger partial charge in [-0.25, -0.2) is 4.98 Å². The Kier molecular flexibility index (Phi) is 1.64. The van der Waals surface area contributed by atoms with E-state index in [0.29, 0.717) is 0 Å². The Balaban J connectivity index is 2.39. The zero-order valence-corrected chi connectivity index (χ0v) is 8.21. The van der Waals surface area contributed by atoms with Crippen LogP contribution in [0, 0.1) is 0 Å². The highest BCUT2D eigenvalue weighted by Crippen LogP contribution is 2.30. The van der Waals surface area contributed by atoms with Crippen LogP contribution in [0.2, 0.25) is 5.02 Å². The summed E-state index contributed by atoms with van der Waals surface area (Å²) >= 11 is 6.08. The molecule has 0 unspecified atom stereocenters. The third-order valence-electron chi connectivity index (χ3n) is 2.46. The molecule has 0 amide bonds. The van der Waals surface area contributed by atoms with E-state index in [0.717, 1.165) is 40.4 Å². The number of nitrogens with zero attached hydrogens (tertiary/aromatic N) is 1. The summed E-state index contributed by atoms with van der Waals surface area (Å²) in [6.07, 6.45) is 0.934. The van der Waals surface area contributed by atoms with E-state index in [9.17, 15) is 0 Å². The molecule has 1 aliphatic heterocycles. The van der Waals surface area contributed by atoms with Crippen LogP contribution in [-0.2, 0) is 6.42 Å². The fourth-order valence-corrected chi connectivity index (χ4v) is 1.97. The summed E-state index contributed by atoms with van der Waals surface area (Å²) in [5.74, 6) is 0.764. The van der Waals surface area contributed by atoms with Gasteiger partial charge < -0.3 is 4.74 Å². The van der Waals surface area contributed by atoms with Gasteiger partial charge >= 0.3 is 0 Å². The third-order valence-corrected chi connectivity index (χ3v) is 2.78. The van der Waals surface area contributed by atoms with Crippen molar-refractivity contribution in [1.82, 2.24) is 4.98 Å². The lowest BCUT2D eigenvalue weighted by atomic mass is 10.1. The number of benzene rings is 1. The van der Waals surface area contributed by atoms with Crippen molar-refractivity contribution in [3.8, 4) is 5.88 Å². The Morgan fingerprint density at radius 3 is 3.21 bits per heavy atom. The van der Waals surface area contributed by atoms with Crippen LogP contribution in [0.1, 0.15) is 5.56 Å². The molecule has 2 aromatic rings. The average molecular weight is 206 g/mol. The van der Waals surface area contributed by atoms with E-state index in [4.69, 9.17) is 16.3 Å². The van der Waals surface area contributed by atoms with E-state index in [1.165, 1.54) is 0 Å². The number of hydrogen-bond donors (Lipinski definition) is 0. The number of fused-ring (bicyclic) bond motifs is 2. The minimum Gasteiger partial charge on any atom is -0.477 e. The molecule has 1 aliphatic rings. The average Bonchev–Trinajstić information content (AvgIpc) is 2.62. The van der Waals surface area contributed by atoms with Crippen LogP contribution in [0.4, 0.5) is 0 Å². The summed E-state index contributed by atoms with van der Waals surface area (Å²) in [4.78, 5) is 4.41. The monoisotopic (exact) mass is 205 g/mol. The lowest BCUT2D eigenvalue weighted by molar-refractivity contribution is 0.346. The molecule has 0 N–H and O–H groups in total. The molecule has 0 fully saturated rings. The highest BCUT2D eigenvalue weighted by Gasteiger charge is 2.15. The summed E-state index contributed by atoms with van der Waals surface area (Å²) in [6, 6.07) is 7.81. The molecule has 1 aromatic carbocycles. The van der Waals surface area contributed by atoms with Gasteiger partial charge in [0, 0.05) is 22.4 Å². The summed E-state index contributed by atoms with van der Waals surface area (Å²) in [6.45, 7) is 0.732. The third kappa shape index (κ3) is 1.07. The van der Waals surface area contributed by atoms with Crippen molar-refractivity contribution in [2.75, 3.05) is 6.61 Å². The number of hydrogen-bond acceptors (Lipinski definition) is 2. The molecular formula is C11H8ClNO. The quantitative estimate of drug-likeness (QED) is 0.660. The standard InChI is InChI=1S/C11H8ClNO/c12-9-2-1-3-10-8(9)6-7-4-5-14-11(7)13-10/h1-3,6H,4-5H2. The zero-order chi connectivity index (χ0) is 9.54. The van der Waals surface area contributed by atoms with Crippen LogP contribution in [-0.4, -0.2) is 11.6 Å². The first kappa shape index (κ1) is 8.06. The second-order valence-corrected chi connectivity index (χ2v) is 3.76. The summed E-state index contributed by atoms with van der Waals surface area (Å²) in [7, 11) is 0. The van der Waals surface area contributed by atoms with E-state index >= 15 is 0 Å². The van der Waals surface area contributed by atoms with Gasteiger partial charge in [-0.2, -0.15) is 0 Å². The highest BCUT2D eigenvalue weighted by molar-refractivity contribution is 6.35. The molecule has 3 heteroatoms. The Bertz CT molecular complexity index is 510. The fourth-order valence-electron chi connectivity index (χ4n) is 1.74. The maximum Gasteiger partial charge on any atom is 0.217 e. The van der Waals surface area contributed by atoms with E-state index in [-0.39, 0.29) is 0 Å². The molecule has 70 valence electrons. The van der Waals surface area contributed by atoms with Crippen molar-refractivity contribution in [3.05, 3.63) is 34.9 Å². The predicted octanol–water partition coefficient (Wildman–Crippen LogP) is 2.82. The van der Waals surface area contributed by atoms with Crippen LogP contribution < -0.4 is 4.74 Å². The van der Waals surface area contributed by atoms with Crippen LogP contribution in [0.25, 0.3) is 10.9 Å². The minimum atomic E-state index is 0.732. The van der Waals surface area contributed by atoms with E-state index in [2.05, 4.69) is 11.1 Å². The van der Waals surface area contributed by atoms with Crippen LogP contribution in [0.3, 0.4) is 0 Å². The maximum absolute atomic E-state index is 6.08. The van der Waals surface area contributed by atoms with Crippen molar-refractivity contribution in [1.29, 1.82) is 0 Å². The second-order valence-electron chi connectivity index (χ2n) is 3.36. The van der Waals surface area contributed by atoms with Crippen molar-refractivity contribution in [2.24, 2.45) is 0 Å². The molecule has 1 aromatic heterocycles. The Morgan fingerprint density at radius 2 is 2.29 bits per heavy atom. The van der Waals surface area contributed by atoms with Gasteiger partial charge in [0.05, 0.1) is 12.1 Å². The van der Waals surface area contributed by atoms with Gasteiger partial charge in [-0.05, 0) is 18.2 Å². The molecule has 14 heavy (non-hydrogen) atoms. The van der Waals surface area contributed by atoms with E-state index in [1.54, 1.807) is 0 Å². The molecule has 0 atom stereocenters. The lowest BCUT2D eigenvalue weighted by Crippen LogP contribution is -1.88. The van der Waals surface area contributed by atoms with Crippen molar-refractivity contribution >= 4 is 22.5 Å². The van der Waals surface area contributed by atoms with Crippen molar-refractivity contribution in [2.45, 2.75) is 6.42 Å². The number of aromatic nitrogens is 1. The van der Waals surface area contributed by atoms with Crippen molar-refractivity contribution < 1.29 is 4.74 Å². The summed E-state index contributed by atoms with van der Waals surface area (Å²) in [5, 5.41) is 1.77. The van der Waals surface area contributed by atoms with Crippen molar-refractivity contribution in [3.63, 3.8) is 0 Å². The van der Waals surface area contributed by atoms with Gasteiger partial charge in [0.15, 0.2) is 0 Å². The number of halogens is 1. The minimum absolute atomic E-state index is 0.732. The Hall–Kier alpha value is -1.28. The van der Waals surface area contributed by atoms with Gasteiger partial charge in [0.1, 0.15) is 0 Å². The van der Waals surface area contributed by atoms with E-state index in [1.807, 2.05) is 18.2 Å². The maximum atomic E-state index is 6.08. The predicted molar refractivity (Wildman–Crippen MR) is 56.0 cm³/mol. The van der Waals surface area contributed by atoms with Gasteiger partial charge in [0.25, 0.3) is 0 Å². The second kappa shape index (κ2) is 2.85. The molecule has 0 aliphatic carbocycles. The van der Waals surface area contributed by atoms with Crippen LogP contribution in [0.5, 0.6) is 5.88 Å². The van der Waals surface area contributed by atoms with Gasteiger partial charge in [-0.15, -0.1) is 0 Å². The van der Waals surface area contributed by atoms with Gasteiger partial charge in [-0.1, -0.05) is 17.7 Å². The molecule has 2 heterocycles. The smallest absolute Gasteiger partial charge is 0.217 e. The first-order valence-corrected chi connectivity index (χ1v) is 4.93. The SMILES string of the molecule is Clc1cccc2nc3c(cc12)CCO3. The molecule has 0 saturated heterocycles. The molecule has 0 saturated carbocycles. The van der Waals surface area contributed by atoms with Gasteiger partial charge in [0.2, 0.25) is 5.88 Å². The molecular weight excluding hydrogens is 198 g/mol. The number of pyridine rings is 1. The van der Waals surface area contributed by atoms with Crippen LogP contribution >= 0.6 is 11.6 Å². The molecule has 3 rings (SSSR count). The first-order chi connectivity index (χ1) is 6.84. The van der Waals surface area contributed by atoms with Crippen LogP contribution in [0.15, 0.2) is 24.3 Å². The Morgan fingerprint density at radius 1 is 1.36 bits per heavy atom. The number of ether oxygens (including phenoxy) is 1. The van der Waals surface area contributed by atoms with E-state index < -0.39 is 0 Å². The largest absolute Gasteiger partial charge is 0.477 e. The summed E-state index contributed by atoms with van der Waals surface area (Å²) < 4.78 is 5.39. The zero-order valence-electron chi connectivity index (χ0n) is 7.46. The normalized spacial score (nSPS) is 14.1. The molecule has 0 bridgehead atoms. The Labute approximate surface area is 86.5 Å². The van der Waals surface area contributed by atoms with Gasteiger partial charge in [-0.3, -0.25) is 0 Å². The molecule has 0 radical (unpaired) electrons. The lowest BCUT2D eigenvalue weighted by Gasteiger charge is -2.02.